The summed E-state index contributed by atoms with van der Waals surface area (Å²) in [6.07, 6.45) is 1.92. The van der Waals surface area contributed by atoms with E-state index in [1.54, 1.807) is 10.6 Å². The van der Waals surface area contributed by atoms with Gasteiger partial charge < -0.3 is 10.1 Å². The van der Waals surface area contributed by atoms with Crippen LogP contribution in [0.4, 0.5) is 5.69 Å². The highest BCUT2D eigenvalue weighted by Crippen LogP contribution is 2.26. The number of thioether (sulfide) groups is 1. The van der Waals surface area contributed by atoms with Gasteiger partial charge in [0, 0.05) is 12.3 Å². The Morgan fingerprint density at radius 2 is 1.97 bits per heavy atom. The van der Waals surface area contributed by atoms with E-state index in [9.17, 15) is 9.59 Å². The second kappa shape index (κ2) is 9.24. The Bertz CT molecular complexity index is 1150. The second-order valence-corrected chi connectivity index (χ2v) is 9.29. The fraction of sp³-hybridized carbons (Fsp3) is 0.375. The maximum Gasteiger partial charge on any atom is 0.262 e. The van der Waals surface area contributed by atoms with Gasteiger partial charge in [0.15, 0.2) is 5.16 Å². The number of carbonyl (C=O) groups is 1. The number of nitrogens with zero attached hydrogens (tertiary/aromatic N) is 2. The summed E-state index contributed by atoms with van der Waals surface area (Å²) in [5.41, 5.74) is 3.42. The highest BCUT2D eigenvalue weighted by atomic mass is 32.2. The molecule has 1 N–H and O–H groups in total. The third-order valence-corrected chi connectivity index (χ3v) is 6.71. The van der Waals surface area contributed by atoms with E-state index in [1.807, 2.05) is 57.2 Å². The van der Waals surface area contributed by atoms with Gasteiger partial charge in [-0.05, 0) is 56.9 Å². The van der Waals surface area contributed by atoms with Crippen molar-refractivity contribution in [3.05, 3.63) is 63.9 Å². The predicted octanol–water partition coefficient (Wildman–Crippen LogP) is 4.31. The van der Waals surface area contributed by atoms with Gasteiger partial charge in [-0.15, -0.1) is 0 Å². The summed E-state index contributed by atoms with van der Waals surface area (Å²) >= 11 is 1.31. The SMILES string of the molecule is Cc1cccc(C)c1NC(=O)[C@H](C)Sc1nc2ccccc2c(=O)n1C[C@@H]1CCCO1. The maximum atomic E-state index is 13.2. The van der Waals surface area contributed by atoms with Gasteiger partial charge in [0.1, 0.15) is 0 Å². The minimum Gasteiger partial charge on any atom is -0.376 e. The standard InChI is InChI=1S/C24H27N3O3S/c1-15-8-6-9-16(2)21(15)26-22(28)17(3)31-24-25-20-12-5-4-11-19(20)23(29)27(24)14-18-10-7-13-30-18/h4-6,8-9,11-12,17-18H,7,10,13-14H2,1-3H3,(H,26,28)/t17-,18-/m0/s1. The molecule has 0 saturated carbocycles. The van der Waals surface area contributed by atoms with Crippen LogP contribution >= 0.6 is 11.8 Å². The number of rotatable bonds is 6. The summed E-state index contributed by atoms with van der Waals surface area (Å²) in [6.45, 7) is 6.96. The number of anilines is 1. The Balaban J connectivity index is 1.63. The highest BCUT2D eigenvalue weighted by molar-refractivity contribution is 8.00. The zero-order chi connectivity index (χ0) is 22.0. The third-order valence-electron chi connectivity index (χ3n) is 5.62. The molecule has 2 heterocycles. The lowest BCUT2D eigenvalue weighted by atomic mass is 10.1. The number of aromatic nitrogens is 2. The van der Waals surface area contributed by atoms with Crippen LogP contribution in [0.1, 0.15) is 30.9 Å². The second-order valence-electron chi connectivity index (χ2n) is 7.98. The van der Waals surface area contributed by atoms with Crippen LogP contribution in [0.25, 0.3) is 10.9 Å². The monoisotopic (exact) mass is 437 g/mol. The molecule has 1 amide bonds. The lowest BCUT2D eigenvalue weighted by molar-refractivity contribution is -0.115. The molecule has 6 nitrogen and oxygen atoms in total. The van der Waals surface area contributed by atoms with E-state index in [4.69, 9.17) is 9.72 Å². The van der Waals surface area contributed by atoms with Crippen molar-refractivity contribution in [2.45, 2.75) is 56.7 Å². The Morgan fingerprint density at radius 1 is 1.23 bits per heavy atom. The average Bonchev–Trinajstić information content (AvgIpc) is 3.27. The van der Waals surface area contributed by atoms with E-state index in [1.165, 1.54) is 11.8 Å². The number of fused-ring (bicyclic) bond motifs is 1. The molecule has 0 radical (unpaired) electrons. The van der Waals surface area contributed by atoms with E-state index in [0.29, 0.717) is 22.6 Å². The van der Waals surface area contributed by atoms with E-state index < -0.39 is 5.25 Å². The van der Waals surface area contributed by atoms with E-state index in [2.05, 4.69) is 5.32 Å². The topological polar surface area (TPSA) is 73.2 Å². The van der Waals surface area contributed by atoms with Crippen LogP contribution in [0, 0.1) is 13.8 Å². The van der Waals surface area contributed by atoms with Gasteiger partial charge in [0.25, 0.3) is 5.56 Å². The molecule has 4 rings (SSSR count). The zero-order valence-electron chi connectivity index (χ0n) is 18.1. The number of benzene rings is 2. The smallest absolute Gasteiger partial charge is 0.262 e. The number of amides is 1. The van der Waals surface area contributed by atoms with Gasteiger partial charge in [-0.25, -0.2) is 4.98 Å². The summed E-state index contributed by atoms with van der Waals surface area (Å²) in [4.78, 5) is 30.9. The molecule has 1 saturated heterocycles. The molecular formula is C24H27N3O3S. The summed E-state index contributed by atoms with van der Waals surface area (Å²) in [6, 6.07) is 13.3. The number of ether oxygens (including phenoxy) is 1. The van der Waals surface area contributed by atoms with Crippen molar-refractivity contribution >= 4 is 34.3 Å². The normalized spacial score (nSPS) is 17.1. The number of para-hydroxylation sites is 2. The molecule has 1 fully saturated rings. The molecule has 1 aliphatic heterocycles. The first kappa shape index (κ1) is 21.6. The summed E-state index contributed by atoms with van der Waals surface area (Å²) in [5.74, 6) is -0.117. The number of carbonyl (C=O) groups excluding carboxylic acids is 1. The predicted molar refractivity (Wildman–Crippen MR) is 125 cm³/mol. The number of hydrogen-bond donors (Lipinski definition) is 1. The molecule has 0 aliphatic carbocycles. The maximum absolute atomic E-state index is 13.2. The molecule has 2 atom stereocenters. The van der Waals surface area contributed by atoms with Crippen LogP contribution in [-0.2, 0) is 16.1 Å². The van der Waals surface area contributed by atoms with Crippen molar-refractivity contribution < 1.29 is 9.53 Å². The van der Waals surface area contributed by atoms with Crippen molar-refractivity contribution in [2.75, 3.05) is 11.9 Å². The minimum atomic E-state index is -0.428. The van der Waals surface area contributed by atoms with Crippen molar-refractivity contribution in [3.63, 3.8) is 0 Å². The van der Waals surface area contributed by atoms with E-state index in [0.717, 1.165) is 36.3 Å². The molecular weight excluding hydrogens is 410 g/mol. The van der Waals surface area contributed by atoms with Gasteiger partial charge in [0.2, 0.25) is 5.91 Å². The molecule has 1 aliphatic rings. The van der Waals surface area contributed by atoms with Crippen molar-refractivity contribution in [2.24, 2.45) is 0 Å². The summed E-state index contributed by atoms with van der Waals surface area (Å²) in [5, 5.41) is 3.74. The van der Waals surface area contributed by atoms with Gasteiger partial charge in [-0.2, -0.15) is 0 Å². The number of hydrogen-bond acceptors (Lipinski definition) is 5. The molecule has 31 heavy (non-hydrogen) atoms. The Hall–Kier alpha value is -2.64. The van der Waals surface area contributed by atoms with Crippen molar-refractivity contribution in [3.8, 4) is 0 Å². The van der Waals surface area contributed by atoms with Gasteiger partial charge >= 0.3 is 0 Å². The quantitative estimate of drug-likeness (QED) is 0.459. The lowest BCUT2D eigenvalue weighted by Gasteiger charge is -2.19. The molecule has 0 unspecified atom stereocenters. The van der Waals surface area contributed by atoms with Crippen LogP contribution in [0.2, 0.25) is 0 Å². The molecule has 3 aromatic rings. The van der Waals surface area contributed by atoms with Crippen LogP contribution in [0.15, 0.2) is 52.4 Å². The fourth-order valence-corrected chi connectivity index (χ4v) is 4.76. The Morgan fingerprint density at radius 3 is 2.68 bits per heavy atom. The minimum absolute atomic E-state index is 0.00115. The Labute approximate surface area is 186 Å². The van der Waals surface area contributed by atoms with Crippen LogP contribution < -0.4 is 10.9 Å². The van der Waals surface area contributed by atoms with Gasteiger partial charge in [-0.1, -0.05) is 42.1 Å². The van der Waals surface area contributed by atoms with Crippen molar-refractivity contribution in [1.82, 2.24) is 9.55 Å². The molecule has 0 bridgehead atoms. The first-order valence-corrected chi connectivity index (χ1v) is 11.5. The van der Waals surface area contributed by atoms with E-state index in [-0.39, 0.29) is 17.6 Å². The molecule has 2 aromatic carbocycles. The molecule has 7 heteroatoms. The first-order valence-electron chi connectivity index (χ1n) is 10.6. The number of aryl methyl sites for hydroxylation is 2. The molecule has 0 spiro atoms. The number of nitrogens with one attached hydrogen (secondary N) is 1. The highest BCUT2D eigenvalue weighted by Gasteiger charge is 2.23. The van der Waals surface area contributed by atoms with Crippen LogP contribution in [0.3, 0.4) is 0 Å². The van der Waals surface area contributed by atoms with Crippen LogP contribution in [0.5, 0.6) is 0 Å². The zero-order valence-corrected chi connectivity index (χ0v) is 18.9. The molecule has 1 aromatic heterocycles. The first-order chi connectivity index (χ1) is 14.9. The Kier molecular flexibility index (Phi) is 6.43. The van der Waals surface area contributed by atoms with Gasteiger partial charge in [0.05, 0.1) is 28.8 Å². The van der Waals surface area contributed by atoms with Crippen molar-refractivity contribution in [1.29, 1.82) is 0 Å². The lowest BCUT2D eigenvalue weighted by Crippen LogP contribution is -2.30. The largest absolute Gasteiger partial charge is 0.376 e. The summed E-state index contributed by atoms with van der Waals surface area (Å²) < 4.78 is 7.43. The summed E-state index contributed by atoms with van der Waals surface area (Å²) in [7, 11) is 0. The van der Waals surface area contributed by atoms with Crippen LogP contribution in [-0.4, -0.2) is 33.4 Å². The third kappa shape index (κ3) is 4.67. The molecule has 162 valence electrons. The fourth-order valence-electron chi connectivity index (χ4n) is 3.84. The van der Waals surface area contributed by atoms with E-state index >= 15 is 0 Å². The average molecular weight is 438 g/mol. The van der Waals surface area contributed by atoms with Gasteiger partial charge in [-0.3, -0.25) is 14.2 Å².